The quantitative estimate of drug-likeness (QED) is 0.253. The zero-order chi connectivity index (χ0) is 19.6. The van der Waals surface area contributed by atoms with Crippen LogP contribution in [0.1, 0.15) is 30.4 Å². The summed E-state index contributed by atoms with van der Waals surface area (Å²) < 4.78 is 11.6. The number of nitrogens with zero attached hydrogens (tertiary/aromatic N) is 1. The topological polar surface area (TPSA) is 75.1 Å². The van der Waals surface area contributed by atoms with Gasteiger partial charge in [-0.1, -0.05) is 17.7 Å². The Morgan fingerprint density at radius 2 is 2.00 bits per heavy atom. The second-order valence-electron chi connectivity index (χ2n) is 5.65. The lowest BCUT2D eigenvalue weighted by molar-refractivity contribution is 0.184. The van der Waals surface area contributed by atoms with Gasteiger partial charge in [0.15, 0.2) is 17.5 Å². The summed E-state index contributed by atoms with van der Waals surface area (Å²) in [6, 6.07) is 9.38. The van der Waals surface area contributed by atoms with E-state index in [2.05, 4.69) is 15.6 Å². The van der Waals surface area contributed by atoms with Crippen LogP contribution in [0.5, 0.6) is 11.5 Å². The lowest BCUT2D eigenvalue weighted by Crippen LogP contribution is -2.39. The standard InChI is InChI=1S/C19H26ClN3O3S.HI/c1-4-21-19(23-12-14(24)17-8-9-18(20)27-17)22-11-13-6-7-15(26-5-2)16(10-13)25-3;/h6-10,14,24H,4-5,11-12H2,1-3H3,(H2,21,22,23);1H. The van der Waals surface area contributed by atoms with Gasteiger partial charge in [-0.2, -0.15) is 0 Å². The predicted octanol–water partition coefficient (Wildman–Crippen LogP) is 4.22. The molecule has 156 valence electrons. The molecule has 0 fully saturated rings. The van der Waals surface area contributed by atoms with Gasteiger partial charge in [0.25, 0.3) is 0 Å². The summed E-state index contributed by atoms with van der Waals surface area (Å²) in [6.07, 6.45) is -0.642. The number of thiophene rings is 1. The fraction of sp³-hybridized carbons (Fsp3) is 0.421. The van der Waals surface area contributed by atoms with Crippen LogP contribution in [0, 0.1) is 0 Å². The molecular formula is C19H27ClIN3O3S. The minimum Gasteiger partial charge on any atom is -0.493 e. The molecule has 0 aliphatic carbocycles. The van der Waals surface area contributed by atoms with E-state index in [1.54, 1.807) is 13.2 Å². The van der Waals surface area contributed by atoms with Crippen molar-refractivity contribution in [3.63, 3.8) is 0 Å². The molecule has 1 unspecified atom stereocenters. The highest BCUT2D eigenvalue weighted by atomic mass is 127. The third-order valence-electron chi connectivity index (χ3n) is 3.68. The van der Waals surface area contributed by atoms with Crippen molar-refractivity contribution in [3.05, 3.63) is 45.1 Å². The van der Waals surface area contributed by atoms with E-state index in [0.717, 1.165) is 22.7 Å². The van der Waals surface area contributed by atoms with Crippen molar-refractivity contribution in [2.24, 2.45) is 4.99 Å². The smallest absolute Gasteiger partial charge is 0.191 e. The van der Waals surface area contributed by atoms with Gasteiger partial charge in [-0.15, -0.1) is 35.3 Å². The molecule has 9 heteroatoms. The molecule has 1 aromatic heterocycles. The van der Waals surface area contributed by atoms with E-state index in [0.29, 0.717) is 35.7 Å². The average molecular weight is 540 g/mol. The van der Waals surface area contributed by atoms with E-state index >= 15 is 0 Å². The molecule has 1 aromatic carbocycles. The van der Waals surface area contributed by atoms with Crippen molar-refractivity contribution >= 4 is 52.9 Å². The SMILES string of the molecule is CCNC(=NCc1ccc(OCC)c(OC)c1)NCC(O)c1ccc(Cl)s1.I. The van der Waals surface area contributed by atoms with Crippen LogP contribution < -0.4 is 20.1 Å². The zero-order valence-electron chi connectivity index (χ0n) is 16.2. The molecular weight excluding hydrogens is 513 g/mol. The fourth-order valence-electron chi connectivity index (χ4n) is 2.40. The maximum atomic E-state index is 10.3. The normalized spacial score (nSPS) is 12.1. The maximum Gasteiger partial charge on any atom is 0.191 e. The maximum absolute atomic E-state index is 10.3. The fourth-order valence-corrected chi connectivity index (χ4v) is 3.45. The number of nitrogens with one attached hydrogen (secondary N) is 2. The molecule has 0 saturated carbocycles. The Morgan fingerprint density at radius 1 is 1.21 bits per heavy atom. The van der Waals surface area contributed by atoms with Crippen molar-refractivity contribution in [2.45, 2.75) is 26.5 Å². The molecule has 0 aliphatic rings. The number of hydrogen-bond donors (Lipinski definition) is 3. The Kier molecular flexibility index (Phi) is 11.6. The Labute approximate surface area is 192 Å². The van der Waals surface area contributed by atoms with Crippen LogP contribution in [-0.2, 0) is 6.54 Å². The molecule has 0 radical (unpaired) electrons. The summed E-state index contributed by atoms with van der Waals surface area (Å²) in [7, 11) is 1.62. The third kappa shape index (κ3) is 7.65. The highest BCUT2D eigenvalue weighted by Gasteiger charge is 2.11. The van der Waals surface area contributed by atoms with Crippen molar-refractivity contribution < 1.29 is 14.6 Å². The molecule has 0 saturated heterocycles. The van der Waals surface area contributed by atoms with Crippen molar-refractivity contribution in [2.75, 3.05) is 26.8 Å². The molecule has 3 N–H and O–H groups in total. The Bertz CT molecular complexity index is 758. The number of methoxy groups -OCH3 is 1. The van der Waals surface area contributed by atoms with E-state index in [-0.39, 0.29) is 24.0 Å². The van der Waals surface area contributed by atoms with Crippen LogP contribution in [-0.4, -0.2) is 37.9 Å². The van der Waals surface area contributed by atoms with Crippen LogP contribution in [0.3, 0.4) is 0 Å². The number of aliphatic hydroxyl groups excluding tert-OH is 1. The number of aliphatic hydroxyl groups is 1. The molecule has 0 amide bonds. The summed E-state index contributed by atoms with van der Waals surface area (Å²) >= 11 is 7.29. The Morgan fingerprint density at radius 3 is 2.61 bits per heavy atom. The number of rotatable bonds is 9. The van der Waals surface area contributed by atoms with Gasteiger partial charge in [-0.3, -0.25) is 0 Å². The average Bonchev–Trinajstić information content (AvgIpc) is 3.11. The van der Waals surface area contributed by atoms with Gasteiger partial charge in [0.2, 0.25) is 0 Å². The van der Waals surface area contributed by atoms with E-state index in [4.69, 9.17) is 21.1 Å². The first-order valence-corrected chi connectivity index (χ1v) is 10.0. The van der Waals surface area contributed by atoms with E-state index in [9.17, 15) is 5.11 Å². The minimum absolute atomic E-state index is 0. The molecule has 0 aliphatic heterocycles. The highest BCUT2D eigenvalue weighted by molar-refractivity contribution is 14.0. The number of aliphatic imine (C=N–C) groups is 1. The van der Waals surface area contributed by atoms with Gasteiger partial charge in [-0.05, 0) is 43.7 Å². The van der Waals surface area contributed by atoms with E-state index < -0.39 is 6.10 Å². The monoisotopic (exact) mass is 539 g/mol. The second-order valence-corrected chi connectivity index (χ2v) is 7.40. The van der Waals surface area contributed by atoms with Gasteiger partial charge < -0.3 is 25.2 Å². The van der Waals surface area contributed by atoms with Gasteiger partial charge in [0.05, 0.1) is 24.6 Å². The van der Waals surface area contributed by atoms with Crippen LogP contribution in [0.2, 0.25) is 4.34 Å². The number of guanidine groups is 1. The lowest BCUT2D eigenvalue weighted by Gasteiger charge is -2.15. The predicted molar refractivity (Wildman–Crippen MR) is 127 cm³/mol. The van der Waals surface area contributed by atoms with Crippen LogP contribution in [0.4, 0.5) is 0 Å². The molecule has 0 bridgehead atoms. The summed E-state index contributed by atoms with van der Waals surface area (Å²) in [6.45, 7) is 6.05. The van der Waals surface area contributed by atoms with Gasteiger partial charge in [0.1, 0.15) is 6.10 Å². The summed E-state index contributed by atoms with van der Waals surface area (Å²) in [5.41, 5.74) is 0.998. The summed E-state index contributed by atoms with van der Waals surface area (Å²) in [5.74, 6) is 2.04. The summed E-state index contributed by atoms with van der Waals surface area (Å²) in [4.78, 5) is 5.39. The molecule has 2 rings (SSSR count). The number of ether oxygens (including phenoxy) is 2. The van der Waals surface area contributed by atoms with E-state index in [1.165, 1.54) is 11.3 Å². The second kappa shape index (κ2) is 13.1. The zero-order valence-corrected chi connectivity index (χ0v) is 20.1. The summed E-state index contributed by atoms with van der Waals surface area (Å²) in [5, 5.41) is 16.6. The molecule has 0 spiro atoms. The van der Waals surface area contributed by atoms with Crippen molar-refractivity contribution in [3.8, 4) is 11.5 Å². The molecule has 28 heavy (non-hydrogen) atoms. The number of hydrogen-bond acceptors (Lipinski definition) is 5. The molecule has 1 heterocycles. The van der Waals surface area contributed by atoms with Crippen LogP contribution in [0.25, 0.3) is 0 Å². The Balaban J connectivity index is 0.00000392. The first-order chi connectivity index (χ1) is 13.1. The first-order valence-electron chi connectivity index (χ1n) is 8.82. The first kappa shape index (κ1) is 24.8. The lowest BCUT2D eigenvalue weighted by atomic mass is 10.2. The van der Waals surface area contributed by atoms with Crippen LogP contribution >= 0.6 is 46.9 Å². The Hall–Kier alpha value is -1.23. The van der Waals surface area contributed by atoms with Crippen molar-refractivity contribution in [1.82, 2.24) is 10.6 Å². The number of benzene rings is 1. The molecule has 1 atom stereocenters. The largest absolute Gasteiger partial charge is 0.493 e. The highest BCUT2D eigenvalue weighted by Crippen LogP contribution is 2.28. The molecule has 6 nitrogen and oxygen atoms in total. The van der Waals surface area contributed by atoms with Crippen LogP contribution in [0.15, 0.2) is 35.3 Å². The van der Waals surface area contributed by atoms with Gasteiger partial charge in [0, 0.05) is 18.0 Å². The molecule has 2 aromatic rings. The van der Waals surface area contributed by atoms with Crippen molar-refractivity contribution in [1.29, 1.82) is 0 Å². The van der Waals surface area contributed by atoms with Gasteiger partial charge >= 0.3 is 0 Å². The minimum atomic E-state index is -0.642. The van der Waals surface area contributed by atoms with E-state index in [1.807, 2.05) is 38.1 Å². The third-order valence-corrected chi connectivity index (χ3v) is 5.01. The van der Waals surface area contributed by atoms with Gasteiger partial charge in [-0.25, -0.2) is 4.99 Å². The number of halogens is 2.